The fourth-order valence-electron chi connectivity index (χ4n) is 3.26. The predicted octanol–water partition coefficient (Wildman–Crippen LogP) is 6.43. The van der Waals surface area contributed by atoms with Crippen molar-refractivity contribution in [2.75, 3.05) is 11.9 Å². The number of amides is 1. The molecule has 0 spiro atoms. The van der Waals surface area contributed by atoms with Crippen LogP contribution in [0.2, 0.25) is 10.0 Å². The van der Waals surface area contributed by atoms with Gasteiger partial charge >= 0.3 is 10.1 Å². The first-order chi connectivity index (χ1) is 17.7. The molecule has 1 amide bonds. The van der Waals surface area contributed by atoms with Crippen molar-refractivity contribution >= 4 is 51.0 Å². The van der Waals surface area contributed by atoms with Crippen LogP contribution in [0, 0.1) is 11.3 Å². The Hall–Kier alpha value is -3.77. The first kappa shape index (κ1) is 27.8. The molecule has 37 heavy (non-hydrogen) atoms. The third-order valence-electron chi connectivity index (χ3n) is 4.91. The highest BCUT2D eigenvalue weighted by Gasteiger charge is 2.23. The van der Waals surface area contributed by atoms with E-state index in [-0.39, 0.29) is 35.0 Å². The fraction of sp³-hybridized carbons (Fsp3) is 0.111. The Labute approximate surface area is 225 Å². The summed E-state index contributed by atoms with van der Waals surface area (Å²) in [6.45, 7) is 5.65. The Balaban J connectivity index is 2.03. The number of nitriles is 1. The molecule has 0 unspecified atom stereocenters. The zero-order valence-electron chi connectivity index (χ0n) is 19.7. The standard InChI is InChI=1S/C27H22Cl2N2O5S/c1-3-7-19-14-18(15-20(17-30)27(32)31-24-9-6-5-8-23(24)29)16-25(35-4-2)26(19)36-37(33,34)22-12-10-21(28)11-13-22/h3,5-6,8-16H,1,4,7H2,2H3,(H,31,32)/b20-15+. The maximum absolute atomic E-state index is 13.0. The lowest BCUT2D eigenvalue weighted by molar-refractivity contribution is -0.112. The van der Waals surface area contributed by atoms with E-state index in [1.165, 1.54) is 36.4 Å². The number of ether oxygens (including phenoxy) is 1. The molecule has 3 aromatic rings. The molecule has 190 valence electrons. The first-order valence-electron chi connectivity index (χ1n) is 11.0. The number of hydrogen-bond donors (Lipinski definition) is 1. The fourth-order valence-corrected chi connectivity index (χ4v) is 4.54. The SMILES string of the molecule is C=CCc1cc(/C=C(\C#N)C(=O)Nc2ccccc2Cl)cc(OCC)c1OS(=O)(=O)c1ccc(Cl)cc1. The first-order valence-corrected chi connectivity index (χ1v) is 13.1. The second kappa shape index (κ2) is 12.5. The number of nitrogens with zero attached hydrogens (tertiary/aromatic N) is 1. The third kappa shape index (κ3) is 7.14. The number of halogens is 2. The minimum atomic E-state index is -4.22. The van der Waals surface area contributed by atoms with Crippen molar-refractivity contribution in [2.24, 2.45) is 0 Å². The van der Waals surface area contributed by atoms with Gasteiger partial charge in [-0.15, -0.1) is 6.58 Å². The van der Waals surface area contributed by atoms with Gasteiger partial charge in [-0.1, -0.05) is 41.4 Å². The molecule has 0 aliphatic carbocycles. The van der Waals surface area contributed by atoms with Gasteiger partial charge in [0.2, 0.25) is 0 Å². The van der Waals surface area contributed by atoms with E-state index in [0.29, 0.717) is 26.9 Å². The minimum Gasteiger partial charge on any atom is -0.490 e. The second-order valence-corrected chi connectivity index (χ2v) is 9.92. The lowest BCUT2D eigenvalue weighted by atomic mass is 10.0. The van der Waals surface area contributed by atoms with Crippen LogP contribution in [0.3, 0.4) is 0 Å². The van der Waals surface area contributed by atoms with Crippen molar-refractivity contribution in [2.45, 2.75) is 18.2 Å². The number of rotatable bonds is 10. The summed E-state index contributed by atoms with van der Waals surface area (Å²) in [6, 6.07) is 17.1. The highest BCUT2D eigenvalue weighted by molar-refractivity contribution is 7.87. The Morgan fingerprint density at radius 2 is 1.84 bits per heavy atom. The van der Waals surface area contributed by atoms with Gasteiger partial charge in [-0.3, -0.25) is 4.79 Å². The molecule has 7 nitrogen and oxygen atoms in total. The number of benzene rings is 3. The smallest absolute Gasteiger partial charge is 0.339 e. The highest BCUT2D eigenvalue weighted by atomic mass is 35.5. The van der Waals surface area contributed by atoms with E-state index in [2.05, 4.69) is 11.9 Å². The molecule has 0 aliphatic heterocycles. The Morgan fingerprint density at radius 1 is 1.14 bits per heavy atom. The second-order valence-electron chi connectivity index (χ2n) is 7.53. The molecule has 1 N–H and O–H groups in total. The summed E-state index contributed by atoms with van der Waals surface area (Å²) in [7, 11) is -4.22. The van der Waals surface area contributed by atoms with Crippen LogP contribution in [-0.4, -0.2) is 20.9 Å². The molecule has 0 bridgehead atoms. The Morgan fingerprint density at radius 3 is 2.46 bits per heavy atom. The zero-order valence-corrected chi connectivity index (χ0v) is 22.0. The number of anilines is 1. The number of carbonyl (C=O) groups is 1. The van der Waals surface area contributed by atoms with Gasteiger partial charge in [0, 0.05) is 10.6 Å². The lowest BCUT2D eigenvalue weighted by Gasteiger charge is -2.16. The Kier molecular flexibility index (Phi) is 9.36. The summed E-state index contributed by atoms with van der Waals surface area (Å²) in [5, 5.41) is 12.9. The van der Waals surface area contributed by atoms with Crippen LogP contribution >= 0.6 is 23.2 Å². The number of para-hydroxylation sites is 1. The average molecular weight is 557 g/mol. The zero-order chi connectivity index (χ0) is 27.0. The molecule has 10 heteroatoms. The minimum absolute atomic E-state index is 0.0205. The molecule has 0 atom stereocenters. The summed E-state index contributed by atoms with van der Waals surface area (Å²) in [5.41, 5.74) is 0.999. The summed E-state index contributed by atoms with van der Waals surface area (Å²) >= 11 is 12.0. The number of allylic oxidation sites excluding steroid dienone is 1. The van der Waals surface area contributed by atoms with Crippen molar-refractivity contribution in [1.82, 2.24) is 0 Å². The number of hydrogen-bond acceptors (Lipinski definition) is 6. The molecule has 3 rings (SSSR count). The topological polar surface area (TPSA) is 105 Å². The molecule has 0 radical (unpaired) electrons. The Bertz CT molecular complexity index is 1490. The highest BCUT2D eigenvalue weighted by Crippen LogP contribution is 2.37. The number of carbonyl (C=O) groups excluding carboxylic acids is 1. The van der Waals surface area contributed by atoms with E-state index in [9.17, 15) is 18.5 Å². The van der Waals surface area contributed by atoms with E-state index in [4.69, 9.17) is 32.1 Å². The average Bonchev–Trinajstić information content (AvgIpc) is 2.86. The van der Waals surface area contributed by atoms with E-state index in [1.54, 1.807) is 43.3 Å². The predicted molar refractivity (Wildman–Crippen MR) is 144 cm³/mol. The molecular weight excluding hydrogens is 535 g/mol. The van der Waals surface area contributed by atoms with Gasteiger partial charge in [-0.2, -0.15) is 13.7 Å². The van der Waals surface area contributed by atoms with Crippen molar-refractivity contribution < 1.29 is 22.1 Å². The largest absolute Gasteiger partial charge is 0.490 e. The molecule has 0 saturated heterocycles. The van der Waals surface area contributed by atoms with Crippen molar-refractivity contribution in [3.63, 3.8) is 0 Å². The van der Waals surface area contributed by atoms with Crippen LogP contribution in [0.5, 0.6) is 11.5 Å². The molecule has 0 saturated carbocycles. The maximum Gasteiger partial charge on any atom is 0.339 e. The van der Waals surface area contributed by atoms with Crippen molar-refractivity contribution in [3.05, 3.63) is 100 Å². The lowest BCUT2D eigenvalue weighted by Crippen LogP contribution is -2.14. The van der Waals surface area contributed by atoms with Crippen LogP contribution in [0.1, 0.15) is 18.1 Å². The van der Waals surface area contributed by atoms with Gasteiger partial charge in [0.1, 0.15) is 16.5 Å². The van der Waals surface area contributed by atoms with Crippen molar-refractivity contribution in [3.8, 4) is 17.6 Å². The van der Waals surface area contributed by atoms with Crippen LogP contribution < -0.4 is 14.2 Å². The van der Waals surface area contributed by atoms with E-state index in [0.717, 1.165) is 0 Å². The van der Waals surface area contributed by atoms with E-state index < -0.39 is 16.0 Å². The summed E-state index contributed by atoms with van der Waals surface area (Å²) in [6.07, 6.45) is 3.15. The van der Waals surface area contributed by atoms with Gasteiger partial charge in [-0.05, 0) is 73.5 Å². The van der Waals surface area contributed by atoms with Crippen LogP contribution in [-0.2, 0) is 21.3 Å². The van der Waals surface area contributed by atoms with Gasteiger partial charge in [0.15, 0.2) is 11.5 Å². The van der Waals surface area contributed by atoms with Gasteiger partial charge in [-0.25, -0.2) is 0 Å². The maximum atomic E-state index is 13.0. The number of nitrogens with one attached hydrogen (secondary N) is 1. The van der Waals surface area contributed by atoms with Crippen LogP contribution in [0.15, 0.2) is 83.8 Å². The quantitative estimate of drug-likeness (QED) is 0.133. The molecule has 0 heterocycles. The third-order valence-corrected chi connectivity index (χ3v) is 6.73. The summed E-state index contributed by atoms with van der Waals surface area (Å²) in [5.74, 6) is -0.563. The van der Waals surface area contributed by atoms with E-state index in [1.807, 2.05) is 6.07 Å². The molecule has 0 fully saturated rings. The molecule has 3 aromatic carbocycles. The van der Waals surface area contributed by atoms with E-state index >= 15 is 0 Å². The summed E-state index contributed by atoms with van der Waals surface area (Å²) < 4.78 is 37.1. The van der Waals surface area contributed by atoms with Crippen LogP contribution in [0.4, 0.5) is 5.69 Å². The van der Waals surface area contributed by atoms with Gasteiger partial charge in [0.25, 0.3) is 5.91 Å². The molecule has 0 aromatic heterocycles. The normalized spacial score (nSPS) is 11.4. The van der Waals surface area contributed by atoms with Gasteiger partial charge < -0.3 is 14.2 Å². The molecular formula is C27H22Cl2N2O5S. The summed E-state index contributed by atoms with van der Waals surface area (Å²) in [4.78, 5) is 12.6. The molecule has 0 aliphatic rings. The monoisotopic (exact) mass is 556 g/mol. The van der Waals surface area contributed by atoms with Crippen molar-refractivity contribution in [1.29, 1.82) is 5.26 Å². The van der Waals surface area contributed by atoms with Gasteiger partial charge in [0.05, 0.1) is 17.3 Å². The van der Waals surface area contributed by atoms with Crippen LogP contribution in [0.25, 0.3) is 6.08 Å².